The third-order valence-corrected chi connectivity index (χ3v) is 3.58. The fourth-order valence-corrected chi connectivity index (χ4v) is 2.05. The molecule has 0 aliphatic heterocycles. The summed E-state index contributed by atoms with van der Waals surface area (Å²) < 4.78 is 0. The normalized spacial score (nSPS) is 9.70. The van der Waals surface area contributed by atoms with E-state index in [1.54, 1.807) is 0 Å². The minimum Gasteiger partial charge on any atom is -0.497 e. The summed E-state index contributed by atoms with van der Waals surface area (Å²) >= 11 is 0. The topological polar surface area (TPSA) is 424 Å². The molecule has 0 amide bonds. The first-order chi connectivity index (χ1) is 18.3. The Morgan fingerprint density at radius 2 is 0.750 bits per heavy atom. The number of aromatic hydroxyl groups is 2. The van der Waals surface area contributed by atoms with Crippen molar-refractivity contribution in [2.24, 2.45) is 21.7 Å². The largest absolute Gasteiger partial charge is 0.497 e. The molecule has 40 heavy (non-hydrogen) atoms. The molecule has 26 heteroatoms. The van der Waals surface area contributed by atoms with Crippen LogP contribution in [0.25, 0.3) is 0 Å². The lowest BCUT2D eigenvalue weighted by Crippen LogP contribution is -2.09. The Morgan fingerprint density at radius 1 is 0.550 bits per heavy atom. The molecular weight excluding hydrogens is 560 g/mol. The molecule has 0 saturated carbocycles. The number of hydrogen-bond acceptors (Lipinski definition) is 16. The molecule has 0 heterocycles. The number of rotatable bonds is 6. The number of phenolic OH excluding ortho intramolecular Hbond substituents is 2. The summed E-state index contributed by atoms with van der Waals surface area (Å²) in [7, 11) is 0. The van der Waals surface area contributed by atoms with E-state index >= 15 is 0 Å². The van der Waals surface area contributed by atoms with Crippen LogP contribution in [0, 0.1) is 71.5 Å². The number of nitrogens with zero attached hydrogens (tertiary/aromatic N) is 8. The van der Waals surface area contributed by atoms with Gasteiger partial charge in [-0.1, -0.05) is 0 Å². The van der Waals surface area contributed by atoms with E-state index in [4.69, 9.17) is 32.5 Å². The van der Waals surface area contributed by atoms with Gasteiger partial charge in [0.1, 0.15) is 0 Å². The van der Waals surface area contributed by atoms with Crippen LogP contribution in [0.1, 0.15) is 0 Å². The van der Waals surface area contributed by atoms with Gasteiger partial charge in [0.25, 0.3) is 22.9 Å². The van der Waals surface area contributed by atoms with E-state index in [1.807, 2.05) is 0 Å². The maximum Gasteiger partial charge on any atom is 0.324 e. The van der Waals surface area contributed by atoms with E-state index in [0.29, 0.717) is 24.3 Å². The van der Waals surface area contributed by atoms with Crippen molar-refractivity contribution in [3.63, 3.8) is 0 Å². The Hall–Kier alpha value is -7.02. The molecule has 0 fully saturated rings. The molecular formula is C14H12N12O14. The summed E-state index contributed by atoms with van der Waals surface area (Å²) in [6, 6.07) is 1.79. The molecule has 0 saturated heterocycles. The van der Waals surface area contributed by atoms with E-state index in [2.05, 4.69) is 10.2 Å². The second-order valence-electron chi connectivity index (χ2n) is 6.18. The maximum atomic E-state index is 10.4. The van der Waals surface area contributed by atoms with E-state index in [1.165, 1.54) is 0 Å². The molecule has 2 aromatic rings. The summed E-state index contributed by atoms with van der Waals surface area (Å²) in [5.74, 6) is -3.33. The lowest BCUT2D eigenvalue weighted by atomic mass is 10.2. The fraction of sp³-hybridized carbons (Fsp3) is 0. The van der Waals surface area contributed by atoms with Gasteiger partial charge < -0.3 is 21.7 Å². The van der Waals surface area contributed by atoms with Crippen molar-refractivity contribution in [3.05, 3.63) is 85.0 Å². The van der Waals surface area contributed by atoms with Crippen LogP contribution in [0.4, 0.5) is 34.1 Å². The molecule has 0 unspecified atom stereocenters. The number of guanidine groups is 2. The number of nitrogens with two attached hydrogens (primary N) is 2. The minimum atomic E-state index is -1.21. The predicted molar refractivity (Wildman–Crippen MR) is 125 cm³/mol. The van der Waals surface area contributed by atoms with Gasteiger partial charge in [0, 0.05) is 0 Å². The first kappa shape index (κ1) is 33.0. The molecule has 0 radical (unpaired) electrons. The molecule has 0 atom stereocenters. The Bertz CT molecular complexity index is 1280. The molecule has 0 aliphatic carbocycles. The first-order valence-corrected chi connectivity index (χ1v) is 9.01. The third kappa shape index (κ3) is 9.56. The average Bonchev–Trinajstić information content (AvgIpc) is 2.82. The van der Waals surface area contributed by atoms with E-state index in [-0.39, 0.29) is 0 Å². The molecule has 2 aromatic carbocycles. The summed E-state index contributed by atoms with van der Waals surface area (Å²) in [5.41, 5.74) is 3.42. The molecule has 0 bridgehead atoms. The van der Waals surface area contributed by atoms with E-state index in [0.717, 1.165) is 0 Å². The maximum absolute atomic E-state index is 10.4. The van der Waals surface area contributed by atoms with Crippen molar-refractivity contribution < 1.29 is 39.8 Å². The zero-order chi connectivity index (χ0) is 31.5. The number of benzene rings is 2. The highest BCUT2D eigenvalue weighted by Crippen LogP contribution is 2.40. The molecule has 26 nitrogen and oxygen atoms in total. The van der Waals surface area contributed by atoms with E-state index < -0.39 is 87.1 Å². The van der Waals surface area contributed by atoms with Crippen LogP contribution in [0.2, 0.25) is 0 Å². The Labute approximate surface area is 215 Å². The van der Waals surface area contributed by atoms with Crippen LogP contribution in [-0.4, -0.2) is 51.7 Å². The van der Waals surface area contributed by atoms with Crippen LogP contribution in [0.5, 0.6) is 11.5 Å². The zero-order valence-electron chi connectivity index (χ0n) is 18.8. The van der Waals surface area contributed by atoms with Gasteiger partial charge in [-0.3, -0.25) is 71.5 Å². The highest BCUT2D eigenvalue weighted by Gasteiger charge is 2.31. The van der Waals surface area contributed by atoms with Crippen LogP contribution in [-0.2, 0) is 0 Å². The van der Waals surface area contributed by atoms with Crippen molar-refractivity contribution in [2.45, 2.75) is 0 Å². The molecule has 2 rings (SSSR count). The van der Waals surface area contributed by atoms with Crippen molar-refractivity contribution in [1.82, 2.24) is 0 Å². The average molecular weight is 572 g/mol. The number of azo groups is 1. The highest BCUT2D eigenvalue weighted by molar-refractivity contribution is 5.79. The number of nitro benzene ring substituents is 6. The van der Waals surface area contributed by atoms with Crippen LogP contribution >= 0.6 is 0 Å². The number of nitrogens with one attached hydrogen (secondary N) is 2. The van der Waals surface area contributed by atoms with Gasteiger partial charge in [-0.15, -0.1) is 10.2 Å². The van der Waals surface area contributed by atoms with Gasteiger partial charge in [-0.25, -0.2) is 0 Å². The number of nitro groups is 6. The summed E-state index contributed by atoms with van der Waals surface area (Å²) in [6.07, 6.45) is 0. The SMILES string of the molecule is N=C(N)/N=N/C(=N)N.O=[N+]([O-])c1cc([N+](=O)[O-])c(O)c([N+](=O)[O-])c1.O=[N+]([O-])c1cc([N+](=O)[O-])c(O)c([N+](=O)[O-])c1. The van der Waals surface area contributed by atoms with Crippen molar-refractivity contribution in [2.75, 3.05) is 0 Å². The Morgan fingerprint density at radius 3 is 0.875 bits per heavy atom. The molecule has 0 aromatic heterocycles. The van der Waals surface area contributed by atoms with Gasteiger partial charge in [0.15, 0.2) is 0 Å². The van der Waals surface area contributed by atoms with E-state index in [9.17, 15) is 60.7 Å². The fourth-order valence-electron chi connectivity index (χ4n) is 2.05. The third-order valence-electron chi connectivity index (χ3n) is 3.58. The number of phenols is 2. The van der Waals surface area contributed by atoms with Crippen molar-refractivity contribution >= 4 is 46.0 Å². The standard InChI is InChI=1S/2C6H3N3O7.C2H6N6/c2*10-6-4(8(13)14)1-3(7(11)12)2-5(6)9(15)16;3-1(4)7-8-2(5)6/h2*1-2,10H;(H3,3,4)(H3,5,6)/b;;8-7+. The number of hydrogen-bond donors (Lipinski definition) is 6. The second kappa shape index (κ2) is 13.9. The van der Waals surface area contributed by atoms with Crippen LogP contribution in [0.3, 0.4) is 0 Å². The zero-order valence-corrected chi connectivity index (χ0v) is 18.8. The molecule has 0 aliphatic rings. The smallest absolute Gasteiger partial charge is 0.324 e. The summed E-state index contributed by atoms with van der Waals surface area (Å²) in [4.78, 5) is 55.5. The highest BCUT2D eigenvalue weighted by atomic mass is 16.7. The van der Waals surface area contributed by atoms with Crippen molar-refractivity contribution in [3.8, 4) is 11.5 Å². The molecule has 212 valence electrons. The molecule has 0 spiro atoms. The lowest BCUT2D eigenvalue weighted by Gasteiger charge is -1.97. The van der Waals surface area contributed by atoms with Crippen LogP contribution in [0.15, 0.2) is 34.5 Å². The predicted octanol–water partition coefficient (Wildman–Crippen LogP) is 1.46. The first-order valence-electron chi connectivity index (χ1n) is 9.01. The monoisotopic (exact) mass is 572 g/mol. The Balaban J connectivity index is 0.000000605. The quantitative estimate of drug-likeness (QED) is 0.0937. The van der Waals surface area contributed by atoms with Gasteiger partial charge in [0.2, 0.25) is 11.9 Å². The number of non-ortho nitro benzene ring substituents is 2. The van der Waals surface area contributed by atoms with Crippen molar-refractivity contribution in [1.29, 1.82) is 10.8 Å². The minimum absolute atomic E-state index is 0.447. The van der Waals surface area contributed by atoms with Gasteiger partial charge in [0.05, 0.1) is 53.8 Å². The van der Waals surface area contributed by atoms with Crippen LogP contribution < -0.4 is 11.5 Å². The lowest BCUT2D eigenvalue weighted by molar-refractivity contribution is -0.404. The van der Waals surface area contributed by atoms with Gasteiger partial charge >= 0.3 is 22.7 Å². The van der Waals surface area contributed by atoms with Gasteiger partial charge in [-0.2, -0.15) is 0 Å². The van der Waals surface area contributed by atoms with Gasteiger partial charge in [-0.05, 0) is 0 Å². The Kier molecular flexibility index (Phi) is 11.5. The second-order valence-corrected chi connectivity index (χ2v) is 6.18. The summed E-state index contributed by atoms with van der Waals surface area (Å²) in [5, 5.41) is 99.3. The molecule has 8 N–H and O–H groups in total. The summed E-state index contributed by atoms with van der Waals surface area (Å²) in [6.45, 7) is 0.